The van der Waals surface area contributed by atoms with E-state index in [1.165, 1.54) is 0 Å². The topological polar surface area (TPSA) is 81.2 Å². The minimum atomic E-state index is -0.854. The van der Waals surface area contributed by atoms with Gasteiger partial charge in [0.25, 0.3) is 5.91 Å². The molecule has 3 fully saturated rings. The number of benzene rings is 2. The summed E-state index contributed by atoms with van der Waals surface area (Å²) in [5.41, 5.74) is 1.53. The Bertz CT molecular complexity index is 1340. The molecule has 9 heteroatoms. The number of nitrogens with zero attached hydrogens (tertiary/aromatic N) is 3. The average molecular weight is 594 g/mol. The van der Waals surface area contributed by atoms with Crippen LogP contribution in [0.15, 0.2) is 79.9 Å². The van der Waals surface area contributed by atoms with Gasteiger partial charge in [-0.3, -0.25) is 14.4 Å². The van der Waals surface area contributed by atoms with Crippen molar-refractivity contribution in [3.05, 3.63) is 90.5 Å². The predicted octanol–water partition coefficient (Wildman–Crippen LogP) is 4.55. The molecule has 3 aliphatic heterocycles. The first-order valence-corrected chi connectivity index (χ1v) is 15.3. The first-order valence-electron chi connectivity index (χ1n) is 14.0. The Labute approximate surface area is 250 Å². The van der Waals surface area contributed by atoms with Crippen LogP contribution >= 0.6 is 23.4 Å². The van der Waals surface area contributed by atoms with E-state index in [1.54, 1.807) is 63.7 Å². The second kappa shape index (κ2) is 12.0. The Balaban J connectivity index is 1.54. The van der Waals surface area contributed by atoms with E-state index in [-0.39, 0.29) is 36.1 Å². The zero-order valence-electron chi connectivity index (χ0n) is 23.2. The molecule has 41 heavy (non-hydrogen) atoms. The molecule has 0 radical (unpaired) electrons. The molecule has 0 saturated carbocycles. The van der Waals surface area contributed by atoms with E-state index in [9.17, 15) is 19.5 Å². The van der Waals surface area contributed by atoms with Crippen molar-refractivity contribution in [2.75, 3.05) is 24.6 Å². The van der Waals surface area contributed by atoms with Crippen molar-refractivity contribution in [1.29, 1.82) is 0 Å². The highest BCUT2D eigenvalue weighted by molar-refractivity contribution is 8.02. The highest BCUT2D eigenvalue weighted by Crippen LogP contribution is 2.67. The Kier molecular flexibility index (Phi) is 8.64. The summed E-state index contributed by atoms with van der Waals surface area (Å²) in [5.74, 6) is -1.84. The number of hydrogen-bond acceptors (Lipinski definition) is 5. The van der Waals surface area contributed by atoms with Crippen molar-refractivity contribution >= 4 is 46.8 Å². The lowest BCUT2D eigenvalue weighted by Gasteiger charge is -2.39. The first-order chi connectivity index (χ1) is 19.8. The lowest BCUT2D eigenvalue weighted by Crippen LogP contribution is -2.57. The first kappa shape index (κ1) is 29.4. The van der Waals surface area contributed by atoms with Gasteiger partial charge in [-0.1, -0.05) is 66.2 Å². The van der Waals surface area contributed by atoms with Crippen LogP contribution in [0.25, 0.3) is 0 Å². The fourth-order valence-electron chi connectivity index (χ4n) is 6.87. The minimum absolute atomic E-state index is 0.0745. The molecule has 0 aromatic heterocycles. The SMILES string of the molecule is C=CCN(Cc1ccccc1)C(=O)[C@@H]1[C@H]2C(=O)N([C@H](C)CO)C(C(=O)N(CC=C)c3ccccc3Cl)C23CC[C@H]1S3. The number of para-hydroxylation sites is 1. The Morgan fingerprint density at radius 3 is 2.46 bits per heavy atom. The van der Waals surface area contributed by atoms with Crippen LogP contribution in [-0.2, 0) is 20.9 Å². The van der Waals surface area contributed by atoms with Crippen molar-refractivity contribution in [2.24, 2.45) is 11.8 Å². The highest BCUT2D eigenvalue weighted by Gasteiger charge is 2.74. The third-order valence-corrected chi connectivity index (χ3v) is 10.9. The van der Waals surface area contributed by atoms with Gasteiger partial charge in [0.1, 0.15) is 6.04 Å². The maximum Gasteiger partial charge on any atom is 0.251 e. The van der Waals surface area contributed by atoms with Crippen molar-refractivity contribution < 1.29 is 19.5 Å². The molecule has 3 amide bonds. The third kappa shape index (κ3) is 5.00. The molecule has 1 spiro atoms. The Morgan fingerprint density at radius 1 is 1.12 bits per heavy atom. The van der Waals surface area contributed by atoms with E-state index in [1.807, 2.05) is 36.4 Å². The molecule has 2 unspecified atom stereocenters. The summed E-state index contributed by atoms with van der Waals surface area (Å²) in [4.78, 5) is 48.0. The number of hydrogen-bond donors (Lipinski definition) is 1. The van der Waals surface area contributed by atoms with E-state index in [0.29, 0.717) is 30.2 Å². The van der Waals surface area contributed by atoms with Gasteiger partial charge in [0.15, 0.2) is 0 Å². The fourth-order valence-corrected chi connectivity index (χ4v) is 9.30. The zero-order chi connectivity index (χ0) is 29.3. The number of likely N-dealkylation sites (tertiary alicyclic amines) is 1. The van der Waals surface area contributed by atoms with Crippen molar-refractivity contribution in [3.63, 3.8) is 0 Å². The molecule has 3 saturated heterocycles. The van der Waals surface area contributed by atoms with E-state index in [4.69, 9.17) is 11.6 Å². The largest absolute Gasteiger partial charge is 0.394 e. The molecular formula is C32H36ClN3O4S. The summed E-state index contributed by atoms with van der Waals surface area (Å²) >= 11 is 8.14. The van der Waals surface area contributed by atoms with Gasteiger partial charge in [0.05, 0.1) is 39.9 Å². The highest BCUT2D eigenvalue weighted by atomic mass is 35.5. The van der Waals surface area contributed by atoms with Crippen LogP contribution in [0.3, 0.4) is 0 Å². The van der Waals surface area contributed by atoms with Gasteiger partial charge >= 0.3 is 0 Å². The summed E-state index contributed by atoms with van der Waals surface area (Å²) in [6, 6.07) is 15.4. The molecule has 2 aromatic rings. The summed E-state index contributed by atoms with van der Waals surface area (Å²) in [7, 11) is 0. The quantitative estimate of drug-likeness (QED) is 0.387. The monoisotopic (exact) mass is 593 g/mol. The van der Waals surface area contributed by atoms with Crippen LogP contribution in [-0.4, -0.2) is 74.4 Å². The number of aliphatic hydroxyl groups excluding tert-OH is 1. The summed E-state index contributed by atoms with van der Waals surface area (Å²) in [6.07, 6.45) is 4.71. The van der Waals surface area contributed by atoms with Crippen LogP contribution in [0.2, 0.25) is 5.02 Å². The summed E-state index contributed by atoms with van der Waals surface area (Å²) < 4.78 is -0.782. The molecule has 7 nitrogen and oxygen atoms in total. The van der Waals surface area contributed by atoms with E-state index in [0.717, 1.165) is 12.0 Å². The van der Waals surface area contributed by atoms with E-state index >= 15 is 0 Å². The summed E-state index contributed by atoms with van der Waals surface area (Å²) in [6.45, 7) is 10.1. The number of amides is 3. The standard InChI is InChI=1S/C32H36ClN3O4S/c1-4-17-34(19-22-11-7-6-8-12-22)29(38)26-25-15-16-32(41-25)27(26)30(39)36(21(3)20-37)28(32)31(40)35(18-5-2)24-14-10-9-13-23(24)33/h4-14,21,25-28,37H,1-2,15-20H2,3H3/t21-,25-,26+,27+,28?,32?/m1/s1. The van der Waals surface area contributed by atoms with E-state index in [2.05, 4.69) is 13.2 Å². The van der Waals surface area contributed by atoms with Gasteiger partial charge in [-0.25, -0.2) is 0 Å². The molecule has 5 rings (SSSR count). The van der Waals surface area contributed by atoms with E-state index < -0.39 is 28.7 Å². The number of carbonyl (C=O) groups excluding carboxylic acids is 3. The smallest absolute Gasteiger partial charge is 0.251 e. The van der Waals surface area contributed by atoms with Crippen LogP contribution in [0.4, 0.5) is 5.69 Å². The Hall–Kier alpha value is -3.07. The van der Waals surface area contributed by atoms with Gasteiger partial charge < -0.3 is 19.8 Å². The second-order valence-corrected chi connectivity index (χ2v) is 13.0. The number of carbonyl (C=O) groups is 3. The predicted molar refractivity (Wildman–Crippen MR) is 164 cm³/mol. The van der Waals surface area contributed by atoms with Crippen LogP contribution < -0.4 is 4.90 Å². The fraction of sp³-hybridized carbons (Fsp3) is 0.406. The van der Waals surface area contributed by atoms with Gasteiger partial charge in [-0.2, -0.15) is 0 Å². The number of halogens is 1. The second-order valence-electron chi connectivity index (χ2n) is 11.0. The number of thioether (sulfide) groups is 1. The molecule has 3 aliphatic rings. The van der Waals surface area contributed by atoms with Gasteiger partial charge in [0.2, 0.25) is 11.8 Å². The molecule has 2 aromatic carbocycles. The summed E-state index contributed by atoms with van der Waals surface area (Å²) in [5, 5.41) is 10.5. The minimum Gasteiger partial charge on any atom is -0.394 e. The lowest BCUT2D eigenvalue weighted by molar-refractivity contribution is -0.145. The van der Waals surface area contributed by atoms with Crippen molar-refractivity contribution in [3.8, 4) is 0 Å². The molecule has 216 valence electrons. The normalized spacial score (nSPS) is 26.9. The van der Waals surface area contributed by atoms with Crippen LogP contribution in [0, 0.1) is 11.8 Å². The zero-order valence-corrected chi connectivity index (χ0v) is 24.8. The average Bonchev–Trinajstić information content (AvgIpc) is 3.63. The maximum absolute atomic E-state index is 14.6. The van der Waals surface area contributed by atoms with Gasteiger partial charge in [-0.15, -0.1) is 24.9 Å². The number of aliphatic hydroxyl groups is 1. The number of anilines is 1. The number of rotatable bonds is 11. The lowest BCUT2D eigenvalue weighted by atomic mass is 9.70. The van der Waals surface area contributed by atoms with Crippen LogP contribution in [0.1, 0.15) is 25.3 Å². The molecule has 0 aliphatic carbocycles. The van der Waals surface area contributed by atoms with Gasteiger partial charge in [-0.05, 0) is 37.5 Å². The van der Waals surface area contributed by atoms with Crippen LogP contribution in [0.5, 0.6) is 0 Å². The van der Waals surface area contributed by atoms with Crippen molar-refractivity contribution in [2.45, 2.75) is 48.4 Å². The molecule has 2 bridgehead atoms. The Morgan fingerprint density at radius 2 is 1.80 bits per heavy atom. The van der Waals surface area contributed by atoms with Gasteiger partial charge in [0, 0.05) is 24.9 Å². The maximum atomic E-state index is 14.6. The van der Waals surface area contributed by atoms with Crippen molar-refractivity contribution in [1.82, 2.24) is 9.80 Å². The molecule has 3 heterocycles. The number of fused-ring (bicyclic) bond motifs is 1. The third-order valence-electron chi connectivity index (χ3n) is 8.59. The molecular weight excluding hydrogens is 558 g/mol. The molecule has 1 N–H and O–H groups in total. The molecule has 6 atom stereocenters.